The van der Waals surface area contributed by atoms with Crippen LogP contribution in [-0.4, -0.2) is 22.1 Å². The van der Waals surface area contributed by atoms with Crippen LogP contribution in [0.3, 0.4) is 0 Å². The third-order valence-electron chi connectivity index (χ3n) is 3.46. The monoisotopic (exact) mass is 308 g/mol. The molecule has 23 heavy (non-hydrogen) atoms. The first-order valence-corrected chi connectivity index (χ1v) is 6.91. The van der Waals surface area contributed by atoms with Crippen LogP contribution in [0.15, 0.2) is 42.5 Å². The van der Waals surface area contributed by atoms with Gasteiger partial charge in [-0.05, 0) is 48.9 Å². The summed E-state index contributed by atoms with van der Waals surface area (Å²) in [6, 6.07) is 13.5. The smallest absolute Gasteiger partial charge is 0.191 e. The number of halogens is 1. The highest BCUT2D eigenvalue weighted by molar-refractivity contribution is 5.68. The quantitative estimate of drug-likeness (QED) is 0.745. The van der Waals surface area contributed by atoms with Crippen molar-refractivity contribution in [2.45, 2.75) is 6.92 Å². The van der Waals surface area contributed by atoms with E-state index in [0.29, 0.717) is 22.7 Å². The van der Waals surface area contributed by atoms with E-state index in [4.69, 9.17) is 4.74 Å². The van der Waals surface area contributed by atoms with E-state index in [2.05, 4.69) is 10.3 Å². The fraction of sp³-hybridized carbons (Fsp3) is 0.118. The van der Waals surface area contributed by atoms with E-state index in [9.17, 15) is 9.65 Å². The first kappa shape index (κ1) is 14.7. The van der Waals surface area contributed by atoms with Gasteiger partial charge in [0.15, 0.2) is 5.69 Å². The second kappa shape index (κ2) is 5.89. The summed E-state index contributed by atoms with van der Waals surface area (Å²) in [5.74, 6) is 0.257. The molecule has 0 aliphatic rings. The van der Waals surface area contributed by atoms with Crippen molar-refractivity contribution in [2.75, 3.05) is 7.11 Å². The van der Waals surface area contributed by atoms with Crippen LogP contribution >= 0.6 is 0 Å². The molecule has 6 heteroatoms. The van der Waals surface area contributed by atoms with Gasteiger partial charge in [0.2, 0.25) is 0 Å². The Morgan fingerprint density at radius 2 is 1.91 bits per heavy atom. The van der Waals surface area contributed by atoms with Gasteiger partial charge in [0.1, 0.15) is 29.0 Å². The molecule has 1 heterocycles. The van der Waals surface area contributed by atoms with E-state index in [1.165, 1.54) is 16.8 Å². The molecule has 3 aromatic rings. The molecular weight excluding hydrogens is 295 g/mol. The molecule has 1 aromatic heterocycles. The number of aryl methyl sites for hydroxylation is 1. The highest BCUT2D eigenvalue weighted by Crippen LogP contribution is 2.30. The first-order chi connectivity index (χ1) is 11.1. The van der Waals surface area contributed by atoms with E-state index >= 15 is 0 Å². The molecule has 0 aliphatic carbocycles. The Morgan fingerprint density at radius 1 is 1.17 bits per heavy atom. The molecule has 0 fully saturated rings. The molecule has 0 aliphatic heterocycles. The summed E-state index contributed by atoms with van der Waals surface area (Å²) in [5.41, 5.74) is 2.99. The third-order valence-corrected chi connectivity index (χ3v) is 3.46. The number of hydrogen-bond donors (Lipinski definition) is 0. The highest BCUT2D eigenvalue weighted by Gasteiger charge is 2.18. The SMILES string of the molecule is COc1ccc(C)cc1-n1nnc(C#N)c1-c1ccc(F)cc1. The lowest BCUT2D eigenvalue weighted by Crippen LogP contribution is -2.03. The summed E-state index contributed by atoms with van der Waals surface area (Å²) < 4.78 is 20.1. The Hall–Kier alpha value is -3.20. The summed E-state index contributed by atoms with van der Waals surface area (Å²) in [7, 11) is 1.56. The van der Waals surface area contributed by atoms with E-state index in [1.807, 2.05) is 31.2 Å². The van der Waals surface area contributed by atoms with E-state index in [0.717, 1.165) is 5.56 Å². The molecule has 5 nitrogen and oxygen atoms in total. The number of methoxy groups -OCH3 is 1. The van der Waals surface area contributed by atoms with Crippen LogP contribution in [0.4, 0.5) is 4.39 Å². The molecule has 0 unspecified atom stereocenters. The van der Waals surface area contributed by atoms with Crippen molar-refractivity contribution < 1.29 is 9.13 Å². The van der Waals surface area contributed by atoms with Gasteiger partial charge in [0.05, 0.1) is 7.11 Å². The summed E-state index contributed by atoms with van der Waals surface area (Å²) >= 11 is 0. The van der Waals surface area contributed by atoms with Crippen molar-refractivity contribution in [3.05, 3.63) is 59.5 Å². The molecule has 114 valence electrons. The van der Waals surface area contributed by atoms with Gasteiger partial charge in [0, 0.05) is 5.56 Å². The Balaban J connectivity index is 2.26. The van der Waals surface area contributed by atoms with Crippen molar-refractivity contribution >= 4 is 0 Å². The molecule has 0 N–H and O–H groups in total. The number of nitriles is 1. The minimum Gasteiger partial charge on any atom is -0.494 e. The zero-order valence-corrected chi connectivity index (χ0v) is 12.6. The fourth-order valence-corrected chi connectivity index (χ4v) is 2.36. The molecule has 0 bridgehead atoms. The summed E-state index contributed by atoms with van der Waals surface area (Å²) in [4.78, 5) is 0. The second-order valence-corrected chi connectivity index (χ2v) is 4.99. The van der Waals surface area contributed by atoms with Gasteiger partial charge in [-0.25, -0.2) is 9.07 Å². The van der Waals surface area contributed by atoms with Crippen molar-refractivity contribution in [1.82, 2.24) is 15.0 Å². The summed E-state index contributed by atoms with van der Waals surface area (Å²) in [6.45, 7) is 1.95. The van der Waals surface area contributed by atoms with Crippen molar-refractivity contribution in [1.29, 1.82) is 5.26 Å². The highest BCUT2D eigenvalue weighted by atomic mass is 19.1. The molecule has 0 saturated carbocycles. The van der Waals surface area contributed by atoms with Gasteiger partial charge in [-0.3, -0.25) is 0 Å². The maximum atomic E-state index is 13.2. The topological polar surface area (TPSA) is 63.7 Å². The Bertz CT molecular complexity index is 894. The van der Waals surface area contributed by atoms with Gasteiger partial charge in [-0.1, -0.05) is 11.3 Å². The van der Waals surface area contributed by atoms with E-state index in [1.54, 1.807) is 19.2 Å². The van der Waals surface area contributed by atoms with Gasteiger partial charge >= 0.3 is 0 Å². The first-order valence-electron chi connectivity index (χ1n) is 6.91. The van der Waals surface area contributed by atoms with E-state index < -0.39 is 0 Å². The Kier molecular flexibility index (Phi) is 3.77. The standard InChI is InChI=1S/C17H13FN4O/c1-11-3-8-16(23-2)15(9-11)22-17(14(10-19)20-21-22)12-4-6-13(18)7-5-12/h3-9H,1-2H3. The van der Waals surface area contributed by atoms with Gasteiger partial charge in [-0.15, -0.1) is 5.10 Å². The lowest BCUT2D eigenvalue weighted by molar-refractivity contribution is 0.411. The van der Waals surface area contributed by atoms with Crippen LogP contribution in [-0.2, 0) is 0 Å². The normalized spacial score (nSPS) is 10.3. The molecular formula is C17H13FN4O. The summed E-state index contributed by atoms with van der Waals surface area (Å²) in [5, 5.41) is 17.3. The van der Waals surface area contributed by atoms with Crippen LogP contribution in [0.1, 0.15) is 11.3 Å². The van der Waals surface area contributed by atoms with Crippen molar-refractivity contribution in [2.24, 2.45) is 0 Å². The maximum absolute atomic E-state index is 13.2. The van der Waals surface area contributed by atoms with Gasteiger partial charge in [-0.2, -0.15) is 5.26 Å². The van der Waals surface area contributed by atoms with Crippen LogP contribution in [0, 0.1) is 24.1 Å². The number of ether oxygens (including phenoxy) is 1. The van der Waals surface area contributed by atoms with Crippen LogP contribution in [0.25, 0.3) is 16.9 Å². The van der Waals surface area contributed by atoms with Crippen molar-refractivity contribution in [3.8, 4) is 28.8 Å². The molecule has 0 radical (unpaired) electrons. The lowest BCUT2D eigenvalue weighted by atomic mass is 10.1. The largest absolute Gasteiger partial charge is 0.494 e. The Morgan fingerprint density at radius 3 is 2.57 bits per heavy atom. The van der Waals surface area contributed by atoms with E-state index in [-0.39, 0.29) is 11.5 Å². The predicted octanol–water partition coefficient (Wildman–Crippen LogP) is 3.26. The minimum atomic E-state index is -0.348. The fourth-order valence-electron chi connectivity index (χ4n) is 2.36. The minimum absolute atomic E-state index is 0.167. The number of nitrogens with zero attached hydrogens (tertiary/aromatic N) is 4. The predicted molar refractivity (Wildman–Crippen MR) is 82.8 cm³/mol. The average Bonchev–Trinajstić information content (AvgIpc) is 2.99. The summed E-state index contributed by atoms with van der Waals surface area (Å²) in [6.07, 6.45) is 0. The van der Waals surface area contributed by atoms with Crippen LogP contribution in [0.5, 0.6) is 5.75 Å². The number of aromatic nitrogens is 3. The van der Waals surface area contributed by atoms with Crippen LogP contribution < -0.4 is 4.74 Å². The molecule has 0 amide bonds. The zero-order valence-electron chi connectivity index (χ0n) is 12.6. The number of rotatable bonds is 3. The second-order valence-electron chi connectivity index (χ2n) is 4.99. The van der Waals surface area contributed by atoms with Crippen LogP contribution in [0.2, 0.25) is 0 Å². The Labute approximate surface area is 132 Å². The molecule has 2 aromatic carbocycles. The zero-order chi connectivity index (χ0) is 16.4. The van der Waals surface area contributed by atoms with Gasteiger partial charge in [0.25, 0.3) is 0 Å². The molecule has 0 spiro atoms. The molecule has 3 rings (SSSR count). The third kappa shape index (κ3) is 2.64. The van der Waals surface area contributed by atoms with Crippen molar-refractivity contribution in [3.63, 3.8) is 0 Å². The lowest BCUT2D eigenvalue weighted by Gasteiger charge is -2.12. The average molecular weight is 308 g/mol. The molecule has 0 saturated heterocycles. The maximum Gasteiger partial charge on any atom is 0.191 e. The number of hydrogen-bond acceptors (Lipinski definition) is 4. The number of benzene rings is 2. The molecule has 0 atom stereocenters. The van der Waals surface area contributed by atoms with Gasteiger partial charge < -0.3 is 4.74 Å².